The number of nitrogens with zero attached hydrogens (tertiary/aromatic N) is 1. The Kier molecular flexibility index (Phi) is 3.86. The molecule has 2 unspecified atom stereocenters. The fraction of sp³-hybridized carbons (Fsp3) is 0.643. The molecule has 3 rings (SSSR count). The predicted octanol–water partition coefficient (Wildman–Crippen LogP) is 1.40. The number of nitrogens with one attached hydrogen (secondary N) is 1. The smallest absolute Gasteiger partial charge is 0.236 e. The summed E-state index contributed by atoms with van der Waals surface area (Å²) < 4.78 is 5.49. The Morgan fingerprint density at radius 2 is 2.53 bits per heavy atom. The molecule has 0 spiro atoms. The highest BCUT2D eigenvalue weighted by atomic mass is 32.1. The Hall–Kier alpha value is -0.910. The molecule has 0 radical (unpaired) electrons. The summed E-state index contributed by atoms with van der Waals surface area (Å²) in [7, 11) is 0. The van der Waals surface area contributed by atoms with Gasteiger partial charge in [0.1, 0.15) is 0 Å². The molecule has 2 aliphatic rings. The van der Waals surface area contributed by atoms with Gasteiger partial charge in [0, 0.05) is 30.6 Å². The van der Waals surface area contributed by atoms with Crippen LogP contribution in [0.4, 0.5) is 0 Å². The molecule has 0 aromatic carbocycles. The van der Waals surface area contributed by atoms with Crippen LogP contribution in [-0.2, 0) is 22.5 Å². The van der Waals surface area contributed by atoms with Gasteiger partial charge in [-0.25, -0.2) is 0 Å². The summed E-state index contributed by atoms with van der Waals surface area (Å²) in [6, 6.07) is 2.46. The summed E-state index contributed by atoms with van der Waals surface area (Å²) in [5, 5.41) is 5.45. The van der Waals surface area contributed by atoms with Gasteiger partial charge in [0.15, 0.2) is 0 Å². The summed E-state index contributed by atoms with van der Waals surface area (Å²) in [5.41, 5.74) is 1.32. The van der Waals surface area contributed by atoms with E-state index >= 15 is 0 Å². The third-order valence-electron chi connectivity index (χ3n) is 4.05. The summed E-state index contributed by atoms with van der Waals surface area (Å²) in [4.78, 5) is 15.6. The molecule has 4 nitrogen and oxygen atoms in total. The number of fused-ring (bicyclic) bond motifs is 1. The van der Waals surface area contributed by atoms with Crippen LogP contribution >= 0.6 is 11.3 Å². The van der Waals surface area contributed by atoms with E-state index in [0.29, 0.717) is 12.6 Å². The Bertz CT molecular complexity index is 460. The number of hydrogen-bond donors (Lipinski definition) is 1. The van der Waals surface area contributed by atoms with Gasteiger partial charge >= 0.3 is 0 Å². The van der Waals surface area contributed by atoms with Gasteiger partial charge in [0.05, 0.1) is 12.6 Å². The highest BCUT2D eigenvalue weighted by molar-refractivity contribution is 7.10. The molecule has 0 saturated carbocycles. The highest BCUT2D eigenvalue weighted by Crippen LogP contribution is 2.23. The molecule has 1 aromatic heterocycles. The van der Waals surface area contributed by atoms with Crippen LogP contribution in [0.2, 0.25) is 0 Å². The van der Waals surface area contributed by atoms with E-state index in [1.54, 1.807) is 11.3 Å². The molecular formula is C14H20N2O2S. The minimum Gasteiger partial charge on any atom is -0.377 e. The van der Waals surface area contributed by atoms with Gasteiger partial charge in [0.25, 0.3) is 0 Å². The maximum absolute atomic E-state index is 12.2. The lowest BCUT2D eigenvalue weighted by Crippen LogP contribution is -2.45. The second-order valence-electron chi connectivity index (χ2n) is 5.29. The molecule has 1 N–H and O–H groups in total. The van der Waals surface area contributed by atoms with E-state index in [2.05, 4.69) is 23.7 Å². The molecule has 1 fully saturated rings. The van der Waals surface area contributed by atoms with Crippen LogP contribution in [0.1, 0.15) is 23.8 Å². The zero-order chi connectivity index (χ0) is 13.2. The molecule has 19 heavy (non-hydrogen) atoms. The van der Waals surface area contributed by atoms with Crippen LogP contribution in [0.15, 0.2) is 11.4 Å². The standard InChI is InChI=1S/C14H20N2O2S/c1-10-12(3-6-18-10)15-8-14(17)16-5-2-13-11(9-16)4-7-19-13/h4,7,10,12,15H,2-3,5-6,8-9H2,1H3. The second kappa shape index (κ2) is 5.61. The molecule has 1 aromatic rings. The van der Waals surface area contributed by atoms with Gasteiger partial charge in [0.2, 0.25) is 5.91 Å². The van der Waals surface area contributed by atoms with E-state index in [1.165, 1.54) is 10.4 Å². The fourth-order valence-electron chi connectivity index (χ4n) is 2.79. The van der Waals surface area contributed by atoms with E-state index in [0.717, 1.165) is 32.5 Å². The number of hydrogen-bond acceptors (Lipinski definition) is 4. The van der Waals surface area contributed by atoms with Crippen LogP contribution < -0.4 is 5.32 Å². The van der Waals surface area contributed by atoms with Crippen molar-refractivity contribution in [3.05, 3.63) is 21.9 Å². The molecule has 1 saturated heterocycles. The summed E-state index contributed by atoms with van der Waals surface area (Å²) >= 11 is 1.80. The van der Waals surface area contributed by atoms with Gasteiger partial charge in [-0.1, -0.05) is 0 Å². The van der Waals surface area contributed by atoms with Crippen molar-refractivity contribution in [2.75, 3.05) is 19.7 Å². The lowest BCUT2D eigenvalue weighted by Gasteiger charge is -2.28. The largest absolute Gasteiger partial charge is 0.377 e. The molecule has 0 aliphatic carbocycles. The maximum Gasteiger partial charge on any atom is 0.236 e. The van der Waals surface area contributed by atoms with Crippen LogP contribution in [0, 0.1) is 0 Å². The summed E-state index contributed by atoms with van der Waals surface area (Å²) in [5.74, 6) is 0.205. The van der Waals surface area contributed by atoms with Crippen molar-refractivity contribution in [2.24, 2.45) is 0 Å². The van der Waals surface area contributed by atoms with Gasteiger partial charge < -0.3 is 15.0 Å². The lowest BCUT2D eigenvalue weighted by atomic mass is 10.1. The molecule has 0 bridgehead atoms. The third-order valence-corrected chi connectivity index (χ3v) is 5.08. The van der Waals surface area contributed by atoms with E-state index in [1.807, 2.05) is 4.90 Å². The molecule has 3 heterocycles. The lowest BCUT2D eigenvalue weighted by molar-refractivity contribution is -0.131. The van der Waals surface area contributed by atoms with Gasteiger partial charge in [-0.3, -0.25) is 4.79 Å². The van der Waals surface area contributed by atoms with Crippen molar-refractivity contribution in [1.29, 1.82) is 0 Å². The second-order valence-corrected chi connectivity index (χ2v) is 6.29. The topological polar surface area (TPSA) is 41.6 Å². The number of amides is 1. The molecule has 104 valence electrons. The van der Waals surface area contributed by atoms with Crippen LogP contribution in [0.3, 0.4) is 0 Å². The van der Waals surface area contributed by atoms with Crippen molar-refractivity contribution >= 4 is 17.2 Å². The minimum absolute atomic E-state index is 0.205. The number of carbonyl (C=O) groups is 1. The van der Waals surface area contributed by atoms with Gasteiger partial charge in [-0.15, -0.1) is 11.3 Å². The first-order valence-electron chi connectivity index (χ1n) is 6.92. The summed E-state index contributed by atoms with van der Waals surface area (Å²) in [6.07, 6.45) is 2.22. The monoisotopic (exact) mass is 280 g/mol. The van der Waals surface area contributed by atoms with E-state index in [-0.39, 0.29) is 12.0 Å². The van der Waals surface area contributed by atoms with Crippen molar-refractivity contribution in [3.8, 4) is 0 Å². The van der Waals surface area contributed by atoms with Crippen molar-refractivity contribution in [3.63, 3.8) is 0 Å². The highest BCUT2D eigenvalue weighted by Gasteiger charge is 2.26. The average molecular weight is 280 g/mol. The number of ether oxygens (including phenoxy) is 1. The van der Waals surface area contributed by atoms with Crippen LogP contribution in [-0.4, -0.2) is 42.6 Å². The van der Waals surface area contributed by atoms with Crippen molar-refractivity contribution in [1.82, 2.24) is 10.2 Å². The average Bonchev–Trinajstić information content (AvgIpc) is 3.03. The minimum atomic E-state index is 0.205. The molecular weight excluding hydrogens is 260 g/mol. The zero-order valence-electron chi connectivity index (χ0n) is 11.2. The Balaban J connectivity index is 1.51. The Labute approximate surface area is 117 Å². The molecule has 1 amide bonds. The first kappa shape index (κ1) is 13.1. The fourth-order valence-corrected chi connectivity index (χ4v) is 3.68. The Morgan fingerprint density at radius 3 is 3.32 bits per heavy atom. The van der Waals surface area contributed by atoms with Crippen molar-refractivity contribution < 1.29 is 9.53 Å². The van der Waals surface area contributed by atoms with Gasteiger partial charge in [-0.2, -0.15) is 0 Å². The number of carbonyl (C=O) groups excluding carboxylic acids is 1. The predicted molar refractivity (Wildman–Crippen MR) is 75.3 cm³/mol. The van der Waals surface area contributed by atoms with E-state index in [4.69, 9.17) is 4.74 Å². The van der Waals surface area contributed by atoms with Crippen molar-refractivity contribution in [2.45, 2.75) is 38.5 Å². The van der Waals surface area contributed by atoms with E-state index in [9.17, 15) is 4.79 Å². The number of thiophene rings is 1. The Morgan fingerprint density at radius 1 is 1.63 bits per heavy atom. The first-order valence-corrected chi connectivity index (χ1v) is 7.80. The quantitative estimate of drug-likeness (QED) is 0.910. The normalized spacial score (nSPS) is 26.5. The SMILES string of the molecule is CC1OCCC1NCC(=O)N1CCc2sccc2C1. The van der Waals surface area contributed by atoms with Crippen LogP contribution in [0.5, 0.6) is 0 Å². The number of rotatable bonds is 3. The first-order chi connectivity index (χ1) is 9.24. The summed E-state index contributed by atoms with van der Waals surface area (Å²) in [6.45, 7) is 4.92. The third kappa shape index (κ3) is 2.83. The maximum atomic E-state index is 12.2. The molecule has 2 aliphatic heterocycles. The molecule has 5 heteroatoms. The van der Waals surface area contributed by atoms with Gasteiger partial charge in [-0.05, 0) is 36.8 Å². The zero-order valence-corrected chi connectivity index (χ0v) is 12.0. The van der Waals surface area contributed by atoms with Crippen LogP contribution in [0.25, 0.3) is 0 Å². The molecule has 2 atom stereocenters. The van der Waals surface area contributed by atoms with E-state index < -0.39 is 0 Å².